The Bertz CT molecular complexity index is 336. The summed E-state index contributed by atoms with van der Waals surface area (Å²) in [5.41, 5.74) is 9.11. The van der Waals surface area contributed by atoms with Gasteiger partial charge in [0.1, 0.15) is 0 Å². The van der Waals surface area contributed by atoms with E-state index in [1.54, 1.807) is 0 Å². The lowest BCUT2D eigenvalue weighted by atomic mass is 10.0. The smallest absolute Gasteiger partial charge is 0.0604 e. The number of nitrogens with two attached hydrogens (primary N) is 1. The standard InChI is InChI=1S/C13H23N3/c1-10-7-6-8-11(14)12(10)15-9-13(2,3)16(4)5/h6-8,15H,9,14H2,1-5H3. The van der Waals surface area contributed by atoms with Crippen molar-refractivity contribution in [1.29, 1.82) is 0 Å². The van der Waals surface area contributed by atoms with Gasteiger partial charge in [0.05, 0.1) is 11.4 Å². The maximum absolute atomic E-state index is 5.95. The number of aryl methyl sites for hydroxylation is 1. The second-order valence-corrected chi connectivity index (χ2v) is 5.10. The van der Waals surface area contributed by atoms with E-state index in [1.807, 2.05) is 12.1 Å². The molecule has 0 aliphatic heterocycles. The molecule has 0 aliphatic rings. The summed E-state index contributed by atoms with van der Waals surface area (Å²) < 4.78 is 0. The molecule has 90 valence electrons. The molecule has 0 aliphatic carbocycles. The highest BCUT2D eigenvalue weighted by atomic mass is 15.2. The lowest BCUT2D eigenvalue weighted by Gasteiger charge is -2.33. The van der Waals surface area contributed by atoms with Crippen molar-refractivity contribution < 1.29 is 0 Å². The van der Waals surface area contributed by atoms with Crippen molar-refractivity contribution in [2.24, 2.45) is 0 Å². The van der Waals surface area contributed by atoms with Crippen LogP contribution in [-0.4, -0.2) is 31.1 Å². The van der Waals surface area contributed by atoms with Crippen LogP contribution in [0.2, 0.25) is 0 Å². The number of nitrogen functional groups attached to an aromatic ring is 1. The zero-order valence-corrected chi connectivity index (χ0v) is 11.0. The molecule has 0 saturated heterocycles. The normalized spacial score (nSPS) is 11.9. The molecule has 3 nitrogen and oxygen atoms in total. The minimum absolute atomic E-state index is 0.106. The van der Waals surface area contributed by atoms with E-state index in [1.165, 1.54) is 5.56 Å². The van der Waals surface area contributed by atoms with Crippen molar-refractivity contribution >= 4 is 11.4 Å². The summed E-state index contributed by atoms with van der Waals surface area (Å²) in [6, 6.07) is 5.98. The third-order valence-electron chi connectivity index (χ3n) is 3.21. The van der Waals surface area contributed by atoms with Crippen LogP contribution in [0.25, 0.3) is 0 Å². The number of hydrogen-bond acceptors (Lipinski definition) is 3. The first-order valence-corrected chi connectivity index (χ1v) is 5.61. The van der Waals surface area contributed by atoms with Crippen LogP contribution in [0.4, 0.5) is 11.4 Å². The highest BCUT2D eigenvalue weighted by Crippen LogP contribution is 2.23. The van der Waals surface area contributed by atoms with Gasteiger partial charge in [-0.3, -0.25) is 0 Å². The number of nitrogens with one attached hydrogen (secondary N) is 1. The summed E-state index contributed by atoms with van der Waals surface area (Å²) >= 11 is 0. The molecule has 0 radical (unpaired) electrons. The van der Waals surface area contributed by atoms with E-state index in [4.69, 9.17) is 5.73 Å². The lowest BCUT2D eigenvalue weighted by Crippen LogP contribution is -2.44. The number of anilines is 2. The average Bonchev–Trinajstić information content (AvgIpc) is 2.16. The molecule has 0 atom stereocenters. The number of para-hydroxylation sites is 1. The van der Waals surface area contributed by atoms with E-state index in [0.717, 1.165) is 17.9 Å². The first-order valence-electron chi connectivity index (χ1n) is 5.61. The van der Waals surface area contributed by atoms with Crippen LogP contribution in [0.5, 0.6) is 0 Å². The van der Waals surface area contributed by atoms with Gasteiger partial charge in [-0.25, -0.2) is 0 Å². The van der Waals surface area contributed by atoms with Gasteiger partial charge in [0.25, 0.3) is 0 Å². The topological polar surface area (TPSA) is 41.3 Å². The largest absolute Gasteiger partial charge is 0.397 e. The predicted octanol–water partition coefficient (Wildman–Crippen LogP) is 2.33. The fourth-order valence-corrected chi connectivity index (χ4v) is 1.39. The number of nitrogens with zero attached hydrogens (tertiary/aromatic N) is 1. The Kier molecular flexibility index (Phi) is 3.81. The summed E-state index contributed by atoms with van der Waals surface area (Å²) in [5, 5.41) is 3.44. The van der Waals surface area contributed by atoms with Crippen LogP contribution in [0.15, 0.2) is 18.2 Å². The predicted molar refractivity (Wildman–Crippen MR) is 71.8 cm³/mol. The highest BCUT2D eigenvalue weighted by molar-refractivity contribution is 5.69. The van der Waals surface area contributed by atoms with E-state index in [0.29, 0.717) is 0 Å². The Morgan fingerprint density at radius 1 is 1.31 bits per heavy atom. The van der Waals surface area contributed by atoms with E-state index < -0.39 is 0 Å². The van der Waals surface area contributed by atoms with Crippen LogP contribution >= 0.6 is 0 Å². The molecular formula is C13H23N3. The van der Waals surface area contributed by atoms with Crippen LogP contribution in [0.1, 0.15) is 19.4 Å². The highest BCUT2D eigenvalue weighted by Gasteiger charge is 2.20. The molecule has 1 aromatic rings. The molecule has 0 bridgehead atoms. The van der Waals surface area contributed by atoms with Crippen molar-refractivity contribution in [1.82, 2.24) is 4.90 Å². The molecule has 0 heterocycles. The molecule has 0 amide bonds. The monoisotopic (exact) mass is 221 g/mol. The summed E-state index contributed by atoms with van der Waals surface area (Å²) in [7, 11) is 4.17. The van der Waals surface area contributed by atoms with Gasteiger partial charge in [-0.1, -0.05) is 12.1 Å². The number of likely N-dealkylation sites (N-methyl/N-ethyl adjacent to an activating group) is 1. The Labute approximate surface area is 98.6 Å². The molecule has 3 N–H and O–H groups in total. The lowest BCUT2D eigenvalue weighted by molar-refractivity contribution is 0.210. The van der Waals surface area contributed by atoms with Crippen molar-refractivity contribution in [3.8, 4) is 0 Å². The van der Waals surface area contributed by atoms with Gasteiger partial charge >= 0.3 is 0 Å². The van der Waals surface area contributed by atoms with Gasteiger partial charge in [-0.15, -0.1) is 0 Å². The number of rotatable bonds is 4. The maximum atomic E-state index is 5.95. The molecule has 3 heteroatoms. The molecular weight excluding hydrogens is 198 g/mol. The van der Waals surface area contributed by atoms with E-state index in [9.17, 15) is 0 Å². The molecule has 0 unspecified atom stereocenters. The Morgan fingerprint density at radius 2 is 1.94 bits per heavy atom. The number of benzene rings is 1. The first kappa shape index (κ1) is 12.8. The molecule has 0 aromatic heterocycles. The zero-order valence-electron chi connectivity index (χ0n) is 11.0. The summed E-state index contributed by atoms with van der Waals surface area (Å²) in [4.78, 5) is 2.20. The van der Waals surface area contributed by atoms with Crippen LogP contribution in [0.3, 0.4) is 0 Å². The van der Waals surface area contributed by atoms with Gasteiger partial charge in [0.15, 0.2) is 0 Å². The van der Waals surface area contributed by atoms with Gasteiger partial charge in [-0.2, -0.15) is 0 Å². The van der Waals surface area contributed by atoms with Gasteiger partial charge < -0.3 is 16.0 Å². The van der Waals surface area contributed by atoms with Crippen LogP contribution in [-0.2, 0) is 0 Å². The molecule has 0 spiro atoms. The Hall–Kier alpha value is -1.22. The third kappa shape index (κ3) is 2.89. The minimum atomic E-state index is 0.106. The first-order chi connectivity index (χ1) is 7.34. The van der Waals surface area contributed by atoms with E-state index >= 15 is 0 Å². The van der Waals surface area contributed by atoms with Crippen molar-refractivity contribution in [3.05, 3.63) is 23.8 Å². The second-order valence-electron chi connectivity index (χ2n) is 5.10. The average molecular weight is 221 g/mol. The van der Waals surface area contributed by atoms with E-state index in [2.05, 4.69) is 51.1 Å². The summed E-state index contributed by atoms with van der Waals surface area (Å²) in [5.74, 6) is 0. The molecule has 0 saturated carbocycles. The van der Waals surface area contributed by atoms with Crippen molar-refractivity contribution in [2.75, 3.05) is 31.7 Å². The fourth-order valence-electron chi connectivity index (χ4n) is 1.39. The van der Waals surface area contributed by atoms with Gasteiger partial charge in [-0.05, 0) is 46.5 Å². The summed E-state index contributed by atoms with van der Waals surface area (Å²) in [6.07, 6.45) is 0. The Balaban J connectivity index is 2.75. The zero-order chi connectivity index (χ0) is 12.3. The van der Waals surface area contributed by atoms with E-state index in [-0.39, 0.29) is 5.54 Å². The molecule has 1 aromatic carbocycles. The van der Waals surface area contributed by atoms with Crippen molar-refractivity contribution in [2.45, 2.75) is 26.3 Å². The third-order valence-corrected chi connectivity index (χ3v) is 3.21. The summed E-state index contributed by atoms with van der Waals surface area (Å²) in [6.45, 7) is 7.35. The molecule has 1 rings (SSSR count). The van der Waals surface area contributed by atoms with Crippen LogP contribution in [0, 0.1) is 6.92 Å². The van der Waals surface area contributed by atoms with Crippen molar-refractivity contribution in [3.63, 3.8) is 0 Å². The Morgan fingerprint density at radius 3 is 2.44 bits per heavy atom. The quantitative estimate of drug-likeness (QED) is 0.767. The SMILES string of the molecule is Cc1cccc(N)c1NCC(C)(C)N(C)C. The van der Waals surface area contributed by atoms with Gasteiger partial charge in [0, 0.05) is 12.1 Å². The number of hydrogen-bond donors (Lipinski definition) is 2. The van der Waals surface area contributed by atoms with Crippen LogP contribution < -0.4 is 11.1 Å². The maximum Gasteiger partial charge on any atom is 0.0604 e. The van der Waals surface area contributed by atoms with Gasteiger partial charge in [0.2, 0.25) is 0 Å². The fraction of sp³-hybridized carbons (Fsp3) is 0.538. The second kappa shape index (κ2) is 4.74. The molecule has 0 fully saturated rings. The minimum Gasteiger partial charge on any atom is -0.397 e. The molecule has 16 heavy (non-hydrogen) atoms.